The lowest BCUT2D eigenvalue weighted by Gasteiger charge is -2.25. The van der Waals surface area contributed by atoms with Gasteiger partial charge in [-0.1, -0.05) is 30.7 Å². The van der Waals surface area contributed by atoms with E-state index >= 15 is 0 Å². The molecule has 1 aliphatic rings. The molecule has 0 saturated carbocycles. The Hall–Kier alpha value is -1.88. The normalized spacial score (nSPS) is 22.1. The van der Waals surface area contributed by atoms with E-state index in [4.69, 9.17) is 11.6 Å². The van der Waals surface area contributed by atoms with Gasteiger partial charge in [0.1, 0.15) is 11.3 Å². The highest BCUT2D eigenvalue weighted by Gasteiger charge is 2.51. The molecule has 0 radical (unpaired) electrons. The Morgan fingerprint density at radius 2 is 1.90 bits per heavy atom. The Balaban J connectivity index is 2.42. The van der Waals surface area contributed by atoms with Gasteiger partial charge in [-0.25, -0.2) is 4.79 Å². The zero-order valence-electron chi connectivity index (χ0n) is 11.3. The van der Waals surface area contributed by atoms with Gasteiger partial charge in [-0.05, 0) is 31.0 Å². The molecule has 1 atom stereocenters. The lowest BCUT2D eigenvalue weighted by Crippen LogP contribution is -2.43. The third-order valence-corrected chi connectivity index (χ3v) is 3.68. The van der Waals surface area contributed by atoms with E-state index in [1.807, 2.05) is 6.92 Å². The smallest absolute Gasteiger partial charge is 0.319 e. The first-order valence-corrected chi connectivity index (χ1v) is 6.68. The topological polar surface area (TPSA) is 66.5 Å². The van der Waals surface area contributed by atoms with Gasteiger partial charge in [-0.2, -0.15) is 0 Å². The van der Waals surface area contributed by atoms with Gasteiger partial charge in [-0.15, -0.1) is 0 Å². The van der Waals surface area contributed by atoms with Crippen molar-refractivity contribution in [3.8, 4) is 0 Å². The van der Waals surface area contributed by atoms with Crippen molar-refractivity contribution < 1.29 is 14.4 Å². The zero-order valence-corrected chi connectivity index (χ0v) is 12.0. The van der Waals surface area contributed by atoms with Crippen molar-refractivity contribution in [2.24, 2.45) is 0 Å². The van der Waals surface area contributed by atoms with Gasteiger partial charge in [-0.3, -0.25) is 14.5 Å². The maximum atomic E-state index is 12.5. The van der Waals surface area contributed by atoms with Gasteiger partial charge in [0.2, 0.25) is 0 Å². The molecule has 0 bridgehead atoms. The lowest BCUT2D eigenvalue weighted by molar-refractivity contribution is -0.134. The van der Waals surface area contributed by atoms with E-state index in [2.05, 4.69) is 5.32 Å². The summed E-state index contributed by atoms with van der Waals surface area (Å²) in [6, 6.07) is 6.22. The molecule has 1 aromatic carbocycles. The molecule has 0 unspecified atom stereocenters. The molecule has 5 nitrogen and oxygen atoms in total. The van der Waals surface area contributed by atoms with Crippen LogP contribution in [0.5, 0.6) is 0 Å². The molecule has 0 spiro atoms. The van der Waals surface area contributed by atoms with Crippen LogP contribution in [0.1, 0.15) is 25.8 Å². The Morgan fingerprint density at radius 3 is 2.40 bits per heavy atom. The van der Waals surface area contributed by atoms with Crippen LogP contribution in [0.3, 0.4) is 0 Å². The summed E-state index contributed by atoms with van der Waals surface area (Å²) >= 11 is 5.84. The van der Waals surface area contributed by atoms with Crippen LogP contribution in [0, 0.1) is 0 Å². The van der Waals surface area contributed by atoms with Crippen LogP contribution in [0.4, 0.5) is 4.79 Å². The fourth-order valence-electron chi connectivity index (χ4n) is 2.37. The van der Waals surface area contributed by atoms with Gasteiger partial charge in [0.05, 0.1) is 6.54 Å². The molecule has 1 N–H and O–H groups in total. The summed E-state index contributed by atoms with van der Waals surface area (Å²) in [5.41, 5.74) is -0.453. The summed E-state index contributed by atoms with van der Waals surface area (Å²) < 4.78 is 0. The highest BCUT2D eigenvalue weighted by atomic mass is 35.5. The van der Waals surface area contributed by atoms with Crippen LogP contribution in [-0.2, 0) is 15.1 Å². The monoisotopic (exact) mass is 294 g/mol. The minimum atomic E-state index is -1.11. The molecular formula is C14H15ClN2O3. The molecule has 6 heteroatoms. The molecule has 1 aliphatic heterocycles. The van der Waals surface area contributed by atoms with Crippen LogP contribution in [0.2, 0.25) is 5.02 Å². The van der Waals surface area contributed by atoms with E-state index in [0.29, 0.717) is 17.0 Å². The number of nitrogens with one attached hydrogen (secondary N) is 1. The van der Waals surface area contributed by atoms with Crippen LogP contribution in [0.25, 0.3) is 0 Å². The number of carbonyl (C=O) groups is 3. The predicted octanol–water partition coefficient (Wildman–Crippen LogP) is 2.09. The third-order valence-electron chi connectivity index (χ3n) is 3.42. The molecule has 0 aliphatic carbocycles. The van der Waals surface area contributed by atoms with Crippen molar-refractivity contribution >= 4 is 29.3 Å². The Bertz CT molecular complexity index is 570. The number of carbonyl (C=O) groups excluding carboxylic acids is 3. The lowest BCUT2D eigenvalue weighted by atomic mass is 9.87. The van der Waals surface area contributed by atoms with Gasteiger partial charge in [0.15, 0.2) is 0 Å². The van der Waals surface area contributed by atoms with Gasteiger partial charge < -0.3 is 5.32 Å². The van der Waals surface area contributed by atoms with Crippen LogP contribution < -0.4 is 5.32 Å². The average molecular weight is 295 g/mol. The number of Topliss-reactive ketones (excluding diaryl/α,β-unsaturated/α-hetero) is 1. The molecule has 106 valence electrons. The number of imide groups is 1. The maximum Gasteiger partial charge on any atom is 0.325 e. The van der Waals surface area contributed by atoms with Gasteiger partial charge in [0.25, 0.3) is 5.91 Å². The molecule has 0 aromatic heterocycles. The molecule has 1 aromatic rings. The van der Waals surface area contributed by atoms with Crippen LogP contribution in [-0.4, -0.2) is 29.2 Å². The number of benzene rings is 1. The summed E-state index contributed by atoms with van der Waals surface area (Å²) in [5.74, 6) is -0.640. The second kappa shape index (κ2) is 5.25. The Morgan fingerprint density at radius 1 is 1.30 bits per heavy atom. The van der Waals surface area contributed by atoms with Crippen molar-refractivity contribution in [1.82, 2.24) is 10.2 Å². The number of hydrogen-bond acceptors (Lipinski definition) is 3. The molecule has 3 amide bonds. The van der Waals surface area contributed by atoms with E-state index in [0.717, 1.165) is 4.90 Å². The number of nitrogens with zero attached hydrogens (tertiary/aromatic N) is 1. The minimum absolute atomic E-state index is 0.208. The fourth-order valence-corrected chi connectivity index (χ4v) is 2.49. The number of ketones is 1. The fraction of sp³-hybridized carbons (Fsp3) is 0.357. The van der Waals surface area contributed by atoms with Gasteiger partial charge in [0, 0.05) is 5.02 Å². The van der Waals surface area contributed by atoms with Crippen molar-refractivity contribution in [3.63, 3.8) is 0 Å². The third kappa shape index (κ3) is 2.29. The van der Waals surface area contributed by atoms with E-state index in [1.165, 1.54) is 6.92 Å². The summed E-state index contributed by atoms with van der Waals surface area (Å²) in [6.07, 6.45) is 0.396. The van der Waals surface area contributed by atoms with Crippen molar-refractivity contribution in [2.75, 3.05) is 6.54 Å². The second-order valence-corrected chi connectivity index (χ2v) is 5.23. The summed E-state index contributed by atoms with van der Waals surface area (Å²) in [5, 5.41) is 3.25. The zero-order chi connectivity index (χ0) is 14.9. The number of halogens is 1. The largest absolute Gasteiger partial charge is 0.325 e. The Kier molecular flexibility index (Phi) is 3.81. The quantitative estimate of drug-likeness (QED) is 0.865. The van der Waals surface area contributed by atoms with Crippen LogP contribution >= 0.6 is 11.6 Å². The summed E-state index contributed by atoms with van der Waals surface area (Å²) in [6.45, 7) is 2.94. The number of amides is 3. The van der Waals surface area contributed by atoms with E-state index in [9.17, 15) is 14.4 Å². The van der Waals surface area contributed by atoms with E-state index < -0.39 is 17.5 Å². The summed E-state index contributed by atoms with van der Waals surface area (Å²) in [4.78, 5) is 36.6. The minimum Gasteiger partial charge on any atom is -0.319 e. The second-order valence-electron chi connectivity index (χ2n) is 4.79. The molecule has 2 rings (SSSR count). The number of urea groups is 1. The van der Waals surface area contributed by atoms with Gasteiger partial charge >= 0.3 is 6.03 Å². The standard InChI is InChI=1S/C14H15ClN2O3/c1-3-14(10-4-6-11(15)7-5-10)12(19)17(8-9(2)18)13(20)16-14/h4-7H,3,8H2,1-2H3,(H,16,20)/t14-/m0/s1. The van der Waals surface area contributed by atoms with Crippen molar-refractivity contribution in [1.29, 1.82) is 0 Å². The van der Waals surface area contributed by atoms with Crippen molar-refractivity contribution in [3.05, 3.63) is 34.9 Å². The molecule has 20 heavy (non-hydrogen) atoms. The highest BCUT2D eigenvalue weighted by molar-refractivity contribution is 6.30. The first-order chi connectivity index (χ1) is 9.40. The average Bonchev–Trinajstić information content (AvgIpc) is 2.64. The first kappa shape index (κ1) is 14.5. The SMILES string of the molecule is CC[C@@]1(c2ccc(Cl)cc2)NC(=O)N(CC(C)=O)C1=O. The van der Waals surface area contributed by atoms with E-state index in [1.54, 1.807) is 24.3 Å². The maximum absolute atomic E-state index is 12.5. The van der Waals surface area contributed by atoms with Crippen molar-refractivity contribution in [2.45, 2.75) is 25.8 Å². The molecular weight excluding hydrogens is 280 g/mol. The number of hydrogen-bond donors (Lipinski definition) is 1. The first-order valence-electron chi connectivity index (χ1n) is 6.30. The number of rotatable bonds is 4. The molecule has 1 heterocycles. The van der Waals surface area contributed by atoms with Crippen LogP contribution in [0.15, 0.2) is 24.3 Å². The molecule has 1 fully saturated rings. The van der Waals surface area contributed by atoms with E-state index in [-0.39, 0.29) is 12.3 Å². The highest BCUT2D eigenvalue weighted by Crippen LogP contribution is 2.32. The predicted molar refractivity (Wildman–Crippen MR) is 74.3 cm³/mol. The Labute approximate surface area is 121 Å². The summed E-state index contributed by atoms with van der Waals surface area (Å²) in [7, 11) is 0. The molecule has 1 saturated heterocycles.